The molecule has 36 heavy (non-hydrogen) atoms. The highest BCUT2D eigenvalue weighted by atomic mass is 16.5. The van der Waals surface area contributed by atoms with E-state index in [1.807, 2.05) is 24.3 Å². The number of piperazine rings is 1. The molecule has 1 fully saturated rings. The Morgan fingerprint density at radius 3 is 2.28 bits per heavy atom. The van der Waals surface area contributed by atoms with Crippen molar-refractivity contribution in [2.24, 2.45) is 0 Å². The number of amides is 2. The number of nitrogens with one attached hydrogen (secondary N) is 3. The molecular formula is C27H35N7O2. The van der Waals surface area contributed by atoms with Gasteiger partial charge in [0, 0.05) is 50.2 Å². The second-order valence-corrected chi connectivity index (χ2v) is 8.92. The van der Waals surface area contributed by atoms with Gasteiger partial charge in [0.25, 0.3) is 0 Å². The molecule has 0 bridgehead atoms. The van der Waals surface area contributed by atoms with E-state index in [-0.39, 0.29) is 6.03 Å². The quantitative estimate of drug-likeness (QED) is 0.360. The number of rotatable bonds is 10. The Kier molecular flexibility index (Phi) is 9.07. The molecule has 0 saturated carbocycles. The molecule has 0 spiro atoms. The number of benzene rings is 2. The number of carbonyl (C=O) groups excluding carboxylic acids is 1. The standard InChI is InChI=1S/C27H35N7O2/c1-3-21-5-7-22(8-6-21)31-27(35)32-23-9-11-24(12-10-23)36-26-19-25(29-20-30-26)28-13-4-14-34-17-15-33(2)16-18-34/h5-12,19-20H,3-4,13-18H2,1-2H3,(H,28,29,30)(H2,31,32,35). The summed E-state index contributed by atoms with van der Waals surface area (Å²) in [4.78, 5) is 25.6. The summed E-state index contributed by atoms with van der Waals surface area (Å²) in [7, 11) is 2.17. The van der Waals surface area contributed by atoms with Gasteiger partial charge in [-0.25, -0.2) is 14.8 Å². The maximum absolute atomic E-state index is 12.3. The molecule has 2 aromatic carbocycles. The van der Waals surface area contributed by atoms with Crippen molar-refractivity contribution in [3.8, 4) is 11.6 Å². The van der Waals surface area contributed by atoms with Gasteiger partial charge in [0.2, 0.25) is 5.88 Å². The van der Waals surface area contributed by atoms with E-state index >= 15 is 0 Å². The van der Waals surface area contributed by atoms with Crippen molar-refractivity contribution in [1.82, 2.24) is 19.8 Å². The molecule has 1 aliphatic heterocycles. The summed E-state index contributed by atoms with van der Waals surface area (Å²) in [5.41, 5.74) is 2.64. The third kappa shape index (κ3) is 7.93. The van der Waals surface area contributed by atoms with Gasteiger partial charge in [0.05, 0.1) is 0 Å². The third-order valence-electron chi connectivity index (χ3n) is 6.15. The van der Waals surface area contributed by atoms with Crippen LogP contribution in [0.5, 0.6) is 11.6 Å². The Balaban J connectivity index is 1.21. The summed E-state index contributed by atoms with van der Waals surface area (Å²) in [6.07, 6.45) is 3.51. The summed E-state index contributed by atoms with van der Waals surface area (Å²) >= 11 is 0. The zero-order valence-electron chi connectivity index (χ0n) is 21.0. The van der Waals surface area contributed by atoms with Crippen molar-refractivity contribution in [2.45, 2.75) is 19.8 Å². The van der Waals surface area contributed by atoms with Gasteiger partial charge in [0.1, 0.15) is 17.9 Å². The average molecular weight is 490 g/mol. The predicted molar refractivity (Wildman–Crippen MR) is 144 cm³/mol. The van der Waals surface area contributed by atoms with Crippen molar-refractivity contribution >= 4 is 23.2 Å². The summed E-state index contributed by atoms with van der Waals surface area (Å²) in [6.45, 7) is 8.56. The van der Waals surface area contributed by atoms with E-state index in [0.29, 0.717) is 17.3 Å². The van der Waals surface area contributed by atoms with Gasteiger partial charge < -0.3 is 30.5 Å². The molecule has 190 valence electrons. The lowest BCUT2D eigenvalue weighted by Crippen LogP contribution is -2.44. The van der Waals surface area contributed by atoms with E-state index in [0.717, 1.165) is 63.6 Å². The monoisotopic (exact) mass is 489 g/mol. The molecule has 1 saturated heterocycles. The molecule has 4 rings (SSSR count). The molecule has 0 radical (unpaired) electrons. The zero-order valence-corrected chi connectivity index (χ0v) is 21.0. The molecule has 9 heteroatoms. The van der Waals surface area contributed by atoms with Crippen LogP contribution in [0.2, 0.25) is 0 Å². The zero-order chi connectivity index (χ0) is 25.2. The molecule has 1 aromatic heterocycles. The van der Waals surface area contributed by atoms with Crippen LogP contribution in [0.25, 0.3) is 0 Å². The lowest BCUT2D eigenvalue weighted by Gasteiger charge is -2.32. The molecule has 0 aliphatic carbocycles. The minimum atomic E-state index is -0.299. The van der Waals surface area contributed by atoms with E-state index < -0.39 is 0 Å². The molecule has 0 unspecified atom stereocenters. The first kappa shape index (κ1) is 25.4. The molecule has 0 atom stereocenters. The topological polar surface area (TPSA) is 94.6 Å². The Bertz CT molecular complexity index is 1100. The number of urea groups is 1. The van der Waals surface area contributed by atoms with Crippen LogP contribution in [-0.4, -0.2) is 72.1 Å². The summed E-state index contributed by atoms with van der Waals surface area (Å²) < 4.78 is 5.88. The summed E-state index contributed by atoms with van der Waals surface area (Å²) in [6, 6.07) is 16.4. The van der Waals surface area contributed by atoms with Gasteiger partial charge in [-0.3, -0.25) is 0 Å². The van der Waals surface area contributed by atoms with Crippen molar-refractivity contribution < 1.29 is 9.53 Å². The predicted octanol–water partition coefficient (Wildman–Crippen LogP) is 4.52. The van der Waals surface area contributed by atoms with Crippen molar-refractivity contribution in [1.29, 1.82) is 0 Å². The van der Waals surface area contributed by atoms with Gasteiger partial charge in [-0.2, -0.15) is 0 Å². The van der Waals surface area contributed by atoms with Gasteiger partial charge in [-0.1, -0.05) is 19.1 Å². The Labute approximate surface area is 212 Å². The number of likely N-dealkylation sites (N-methyl/N-ethyl adjacent to an activating group) is 1. The average Bonchev–Trinajstić information content (AvgIpc) is 2.89. The highest BCUT2D eigenvalue weighted by Gasteiger charge is 2.12. The fourth-order valence-corrected chi connectivity index (χ4v) is 3.93. The molecule has 9 nitrogen and oxygen atoms in total. The maximum atomic E-state index is 12.3. The fraction of sp³-hybridized carbons (Fsp3) is 0.370. The number of carbonyl (C=O) groups is 1. The minimum Gasteiger partial charge on any atom is -0.439 e. The van der Waals surface area contributed by atoms with Crippen LogP contribution in [-0.2, 0) is 6.42 Å². The third-order valence-corrected chi connectivity index (χ3v) is 6.15. The number of ether oxygens (including phenoxy) is 1. The molecule has 2 amide bonds. The first-order valence-electron chi connectivity index (χ1n) is 12.5. The van der Waals surface area contributed by atoms with E-state index in [1.54, 1.807) is 30.3 Å². The normalized spacial score (nSPS) is 14.3. The first-order chi connectivity index (χ1) is 17.6. The Morgan fingerprint density at radius 1 is 0.944 bits per heavy atom. The van der Waals surface area contributed by atoms with Crippen LogP contribution in [0.15, 0.2) is 60.9 Å². The lowest BCUT2D eigenvalue weighted by atomic mass is 10.1. The first-order valence-corrected chi connectivity index (χ1v) is 12.5. The Hall–Kier alpha value is -3.69. The largest absolute Gasteiger partial charge is 0.439 e. The highest BCUT2D eigenvalue weighted by Crippen LogP contribution is 2.23. The Morgan fingerprint density at radius 2 is 1.61 bits per heavy atom. The highest BCUT2D eigenvalue weighted by molar-refractivity contribution is 5.99. The van der Waals surface area contributed by atoms with E-state index in [4.69, 9.17) is 4.74 Å². The van der Waals surface area contributed by atoms with Crippen LogP contribution in [0.3, 0.4) is 0 Å². The van der Waals surface area contributed by atoms with Crippen molar-refractivity contribution in [2.75, 3.05) is 62.3 Å². The number of hydrogen-bond acceptors (Lipinski definition) is 7. The molecule has 2 heterocycles. The van der Waals surface area contributed by atoms with Gasteiger partial charge >= 0.3 is 6.03 Å². The van der Waals surface area contributed by atoms with Crippen LogP contribution in [0, 0.1) is 0 Å². The summed E-state index contributed by atoms with van der Waals surface area (Å²) in [5, 5.41) is 9.01. The van der Waals surface area contributed by atoms with E-state index in [2.05, 4.69) is 49.7 Å². The maximum Gasteiger partial charge on any atom is 0.323 e. The second-order valence-electron chi connectivity index (χ2n) is 8.92. The van der Waals surface area contributed by atoms with Crippen LogP contribution >= 0.6 is 0 Å². The van der Waals surface area contributed by atoms with Crippen molar-refractivity contribution in [3.63, 3.8) is 0 Å². The SMILES string of the molecule is CCc1ccc(NC(=O)Nc2ccc(Oc3cc(NCCCN4CCN(C)CC4)ncn3)cc2)cc1. The van der Waals surface area contributed by atoms with Gasteiger partial charge in [-0.05, 0) is 68.4 Å². The fourth-order valence-electron chi connectivity index (χ4n) is 3.93. The van der Waals surface area contributed by atoms with Gasteiger partial charge in [-0.15, -0.1) is 0 Å². The minimum absolute atomic E-state index is 0.299. The molecule has 3 aromatic rings. The van der Waals surface area contributed by atoms with Crippen LogP contribution in [0.4, 0.5) is 22.0 Å². The van der Waals surface area contributed by atoms with Crippen molar-refractivity contribution in [3.05, 3.63) is 66.5 Å². The number of aryl methyl sites for hydroxylation is 1. The smallest absolute Gasteiger partial charge is 0.323 e. The number of hydrogen-bond donors (Lipinski definition) is 3. The van der Waals surface area contributed by atoms with E-state index in [1.165, 1.54) is 11.9 Å². The number of aromatic nitrogens is 2. The molecule has 3 N–H and O–H groups in total. The molecule has 1 aliphatic rings. The number of anilines is 3. The number of nitrogens with zero attached hydrogens (tertiary/aromatic N) is 4. The van der Waals surface area contributed by atoms with E-state index in [9.17, 15) is 4.79 Å². The van der Waals surface area contributed by atoms with Crippen LogP contribution in [0.1, 0.15) is 18.9 Å². The summed E-state index contributed by atoms with van der Waals surface area (Å²) in [5.74, 6) is 1.82. The second kappa shape index (κ2) is 12.9. The van der Waals surface area contributed by atoms with Crippen LogP contribution < -0.4 is 20.7 Å². The molecular weight excluding hydrogens is 454 g/mol. The van der Waals surface area contributed by atoms with Gasteiger partial charge in [0.15, 0.2) is 0 Å². The lowest BCUT2D eigenvalue weighted by molar-refractivity contribution is 0.154.